The summed E-state index contributed by atoms with van der Waals surface area (Å²) in [6.45, 7) is 5.27. The van der Waals surface area contributed by atoms with Gasteiger partial charge in [-0.2, -0.15) is 0 Å². The van der Waals surface area contributed by atoms with Gasteiger partial charge in [0.05, 0.1) is 0 Å². The summed E-state index contributed by atoms with van der Waals surface area (Å²) in [6.07, 6.45) is 3.49. The summed E-state index contributed by atoms with van der Waals surface area (Å²) in [5.41, 5.74) is 4.82. The molecular weight excluding hydrogens is 256 g/mol. The molecule has 0 radical (unpaired) electrons. The molecule has 0 fully saturated rings. The molecular formula is C19H20N2. The van der Waals surface area contributed by atoms with Gasteiger partial charge in [-0.25, -0.2) is 0 Å². The number of para-hydroxylation sites is 1. The van der Waals surface area contributed by atoms with Crippen LogP contribution in [0.4, 0.5) is 0 Å². The zero-order valence-corrected chi connectivity index (χ0v) is 12.5. The Balaban J connectivity index is 1.96. The lowest BCUT2D eigenvalue weighted by Crippen LogP contribution is -1.98. The third-order valence-corrected chi connectivity index (χ3v) is 3.97. The molecule has 0 saturated carbocycles. The molecule has 2 heteroatoms. The van der Waals surface area contributed by atoms with Crippen molar-refractivity contribution in [1.82, 2.24) is 4.57 Å². The van der Waals surface area contributed by atoms with Crippen molar-refractivity contribution in [3.63, 3.8) is 0 Å². The minimum atomic E-state index is 0.566. The molecule has 0 unspecified atom stereocenters. The van der Waals surface area contributed by atoms with E-state index in [1.54, 1.807) is 0 Å². The Bertz CT molecular complexity index is 764. The van der Waals surface area contributed by atoms with Crippen LogP contribution in [0.2, 0.25) is 0 Å². The number of hydrogen-bond acceptors (Lipinski definition) is 1. The maximum atomic E-state index is 7.56. The molecule has 0 bridgehead atoms. The fourth-order valence-electron chi connectivity index (χ4n) is 2.73. The number of nitrogens with zero attached hydrogens (tertiary/aromatic N) is 1. The van der Waals surface area contributed by atoms with E-state index in [9.17, 15) is 0 Å². The predicted molar refractivity (Wildman–Crippen MR) is 89.5 cm³/mol. The molecule has 0 aliphatic carbocycles. The predicted octanol–water partition coefficient (Wildman–Crippen LogP) is 4.81. The first-order chi connectivity index (χ1) is 10.2. The van der Waals surface area contributed by atoms with Crippen molar-refractivity contribution in [2.24, 2.45) is 0 Å². The highest BCUT2D eigenvalue weighted by atomic mass is 15.0. The molecule has 0 aliphatic heterocycles. The molecule has 106 valence electrons. The SMILES string of the molecule is CC(C)c1ccc(Cn2cc(C=N)c3ccccc32)cc1. The lowest BCUT2D eigenvalue weighted by molar-refractivity contribution is 0.828. The second-order valence-electron chi connectivity index (χ2n) is 5.77. The lowest BCUT2D eigenvalue weighted by Gasteiger charge is -2.08. The second-order valence-corrected chi connectivity index (χ2v) is 5.77. The van der Waals surface area contributed by atoms with Crippen molar-refractivity contribution in [2.45, 2.75) is 26.3 Å². The van der Waals surface area contributed by atoms with Crippen LogP contribution >= 0.6 is 0 Å². The Hall–Kier alpha value is -2.35. The molecule has 2 nitrogen and oxygen atoms in total. The highest BCUT2D eigenvalue weighted by molar-refractivity contribution is 5.98. The molecule has 1 N–H and O–H groups in total. The van der Waals surface area contributed by atoms with Gasteiger partial charge in [-0.15, -0.1) is 0 Å². The van der Waals surface area contributed by atoms with Gasteiger partial charge in [0.15, 0.2) is 0 Å². The smallest absolute Gasteiger partial charge is 0.0490 e. The van der Waals surface area contributed by atoms with Crippen molar-refractivity contribution in [3.8, 4) is 0 Å². The number of aromatic nitrogens is 1. The summed E-state index contributed by atoms with van der Waals surface area (Å²) in [5.74, 6) is 0.566. The first-order valence-corrected chi connectivity index (χ1v) is 7.36. The standard InChI is InChI=1S/C19H20N2/c1-14(2)16-9-7-15(8-10-16)12-21-13-17(11-20)18-5-3-4-6-19(18)21/h3-11,13-14,20H,12H2,1-2H3. The van der Waals surface area contributed by atoms with Gasteiger partial charge in [-0.3, -0.25) is 0 Å². The third-order valence-electron chi connectivity index (χ3n) is 3.97. The zero-order valence-electron chi connectivity index (χ0n) is 12.5. The summed E-state index contributed by atoms with van der Waals surface area (Å²) >= 11 is 0. The van der Waals surface area contributed by atoms with Crippen molar-refractivity contribution in [1.29, 1.82) is 5.41 Å². The van der Waals surface area contributed by atoms with Gasteiger partial charge < -0.3 is 9.98 Å². The van der Waals surface area contributed by atoms with Crippen LogP contribution in [0.5, 0.6) is 0 Å². The second kappa shape index (κ2) is 5.57. The fraction of sp³-hybridized carbons (Fsp3) is 0.211. The minimum Gasteiger partial charge on any atom is -0.342 e. The van der Waals surface area contributed by atoms with Gasteiger partial charge in [0.25, 0.3) is 0 Å². The first kappa shape index (κ1) is 13.6. The Morgan fingerprint density at radius 1 is 1.05 bits per heavy atom. The molecule has 1 heterocycles. The number of nitrogens with one attached hydrogen (secondary N) is 1. The molecule has 3 rings (SSSR count). The van der Waals surface area contributed by atoms with Crippen LogP contribution in [0, 0.1) is 5.41 Å². The number of benzene rings is 2. The molecule has 3 aromatic rings. The Labute approximate surface area is 125 Å². The van der Waals surface area contributed by atoms with Crippen LogP contribution in [0.3, 0.4) is 0 Å². The number of hydrogen-bond donors (Lipinski definition) is 1. The summed E-state index contributed by atoms with van der Waals surface area (Å²) in [5, 5.41) is 8.70. The van der Waals surface area contributed by atoms with Gasteiger partial charge in [0.2, 0.25) is 0 Å². The highest BCUT2D eigenvalue weighted by Crippen LogP contribution is 2.22. The van der Waals surface area contributed by atoms with Gasteiger partial charge in [0, 0.05) is 35.4 Å². The van der Waals surface area contributed by atoms with E-state index in [1.807, 2.05) is 6.07 Å². The van der Waals surface area contributed by atoms with Gasteiger partial charge in [-0.05, 0) is 23.1 Å². The van der Waals surface area contributed by atoms with Crippen LogP contribution < -0.4 is 0 Å². The molecule has 0 amide bonds. The van der Waals surface area contributed by atoms with E-state index in [-0.39, 0.29) is 0 Å². The van der Waals surface area contributed by atoms with E-state index in [0.717, 1.165) is 17.5 Å². The monoisotopic (exact) mass is 276 g/mol. The molecule has 0 aliphatic rings. The molecule has 2 aromatic carbocycles. The summed E-state index contributed by atoms with van der Waals surface area (Å²) in [6, 6.07) is 17.1. The molecule has 0 atom stereocenters. The van der Waals surface area contributed by atoms with E-state index in [2.05, 4.69) is 67.1 Å². The van der Waals surface area contributed by atoms with Crippen molar-refractivity contribution in [3.05, 3.63) is 71.4 Å². The molecule has 21 heavy (non-hydrogen) atoms. The number of fused-ring (bicyclic) bond motifs is 1. The maximum absolute atomic E-state index is 7.56. The summed E-state index contributed by atoms with van der Waals surface area (Å²) in [7, 11) is 0. The van der Waals surface area contributed by atoms with Crippen molar-refractivity contribution >= 4 is 17.1 Å². The molecule has 1 aromatic heterocycles. The first-order valence-electron chi connectivity index (χ1n) is 7.36. The fourth-order valence-corrected chi connectivity index (χ4v) is 2.73. The van der Waals surface area contributed by atoms with Crippen molar-refractivity contribution in [2.75, 3.05) is 0 Å². The van der Waals surface area contributed by atoms with Crippen molar-refractivity contribution < 1.29 is 0 Å². The molecule has 0 spiro atoms. The van der Waals surface area contributed by atoms with E-state index >= 15 is 0 Å². The largest absolute Gasteiger partial charge is 0.342 e. The van der Waals surface area contributed by atoms with E-state index in [4.69, 9.17) is 5.41 Å². The van der Waals surface area contributed by atoms with Crippen LogP contribution in [-0.4, -0.2) is 10.8 Å². The Morgan fingerprint density at radius 2 is 1.76 bits per heavy atom. The summed E-state index contributed by atoms with van der Waals surface area (Å²) in [4.78, 5) is 0. The average molecular weight is 276 g/mol. The zero-order chi connectivity index (χ0) is 14.8. The van der Waals surface area contributed by atoms with Gasteiger partial charge in [0.1, 0.15) is 0 Å². The summed E-state index contributed by atoms with van der Waals surface area (Å²) < 4.78 is 2.22. The lowest BCUT2D eigenvalue weighted by atomic mass is 10.0. The van der Waals surface area contributed by atoms with E-state index in [1.165, 1.54) is 22.9 Å². The Morgan fingerprint density at radius 3 is 2.43 bits per heavy atom. The van der Waals surface area contributed by atoms with Crippen LogP contribution in [0.15, 0.2) is 54.7 Å². The maximum Gasteiger partial charge on any atom is 0.0490 e. The van der Waals surface area contributed by atoms with Crippen LogP contribution in [-0.2, 0) is 6.54 Å². The number of rotatable bonds is 4. The normalized spacial score (nSPS) is 11.2. The Kier molecular flexibility index (Phi) is 3.61. The molecule has 0 saturated heterocycles. The average Bonchev–Trinajstić information content (AvgIpc) is 2.86. The van der Waals surface area contributed by atoms with Gasteiger partial charge in [-0.1, -0.05) is 56.3 Å². The minimum absolute atomic E-state index is 0.566. The van der Waals surface area contributed by atoms with E-state index in [0.29, 0.717) is 5.92 Å². The third kappa shape index (κ3) is 2.62. The topological polar surface area (TPSA) is 28.8 Å². The van der Waals surface area contributed by atoms with Crippen LogP contribution in [0.1, 0.15) is 36.5 Å². The van der Waals surface area contributed by atoms with Crippen LogP contribution in [0.25, 0.3) is 10.9 Å². The quantitative estimate of drug-likeness (QED) is 0.662. The van der Waals surface area contributed by atoms with Gasteiger partial charge >= 0.3 is 0 Å². The van der Waals surface area contributed by atoms with E-state index < -0.39 is 0 Å². The highest BCUT2D eigenvalue weighted by Gasteiger charge is 2.07.